The molecule has 0 saturated carbocycles. The Morgan fingerprint density at radius 2 is 2.08 bits per heavy atom. The Bertz CT molecular complexity index is 743. The van der Waals surface area contributed by atoms with Crippen molar-refractivity contribution in [1.29, 1.82) is 0 Å². The number of hydrogen-bond donors (Lipinski definition) is 1. The van der Waals surface area contributed by atoms with Crippen molar-refractivity contribution in [2.75, 3.05) is 11.9 Å². The second-order valence-electron chi connectivity index (χ2n) is 5.87. The molecule has 4 nitrogen and oxygen atoms in total. The first kappa shape index (κ1) is 16.7. The monoisotopic (exact) mass is 345 g/mol. The van der Waals surface area contributed by atoms with Gasteiger partial charge in [0.15, 0.2) is 0 Å². The van der Waals surface area contributed by atoms with Gasteiger partial charge in [-0.3, -0.25) is 4.79 Å². The molecule has 2 aromatic carbocycles. The van der Waals surface area contributed by atoms with Gasteiger partial charge in [-0.25, -0.2) is 0 Å². The van der Waals surface area contributed by atoms with Crippen LogP contribution in [0.1, 0.15) is 25.0 Å². The summed E-state index contributed by atoms with van der Waals surface area (Å²) in [6, 6.07) is 11.1. The van der Waals surface area contributed by atoms with E-state index in [9.17, 15) is 4.79 Å². The van der Waals surface area contributed by atoms with Crippen LogP contribution in [0.4, 0.5) is 5.69 Å². The molecule has 2 aromatic rings. The minimum absolute atomic E-state index is 0.107. The molecule has 0 unspecified atom stereocenters. The maximum Gasteiger partial charge on any atom is 0.228 e. The molecule has 126 valence electrons. The van der Waals surface area contributed by atoms with Crippen LogP contribution < -0.4 is 14.8 Å². The number of hydrogen-bond acceptors (Lipinski definition) is 3. The van der Waals surface area contributed by atoms with Crippen molar-refractivity contribution in [1.82, 2.24) is 0 Å². The number of carbonyl (C=O) groups excluding carboxylic acids is 1. The number of benzene rings is 2. The van der Waals surface area contributed by atoms with Gasteiger partial charge >= 0.3 is 0 Å². The SMILES string of the molecule is CCOc1cc2c(cc1NC(=O)Cc1ccc(Cl)cc1)O[C@H](C)C2. The molecule has 3 rings (SSSR count). The molecule has 0 bridgehead atoms. The molecule has 1 N–H and O–H groups in total. The molecule has 0 aliphatic carbocycles. The molecule has 0 radical (unpaired) electrons. The zero-order valence-corrected chi connectivity index (χ0v) is 14.5. The summed E-state index contributed by atoms with van der Waals surface area (Å²) < 4.78 is 11.4. The lowest BCUT2D eigenvalue weighted by Crippen LogP contribution is -2.15. The van der Waals surface area contributed by atoms with Gasteiger partial charge < -0.3 is 14.8 Å². The first-order chi connectivity index (χ1) is 11.5. The van der Waals surface area contributed by atoms with E-state index in [0.717, 1.165) is 23.3 Å². The summed E-state index contributed by atoms with van der Waals surface area (Å²) in [5, 5.41) is 3.58. The zero-order valence-electron chi connectivity index (χ0n) is 13.8. The normalized spacial score (nSPS) is 15.5. The van der Waals surface area contributed by atoms with Crippen molar-refractivity contribution >= 4 is 23.2 Å². The zero-order chi connectivity index (χ0) is 17.1. The van der Waals surface area contributed by atoms with E-state index in [1.54, 1.807) is 12.1 Å². The number of ether oxygens (including phenoxy) is 2. The molecule has 0 saturated heterocycles. The van der Waals surface area contributed by atoms with Gasteiger partial charge in [-0.15, -0.1) is 0 Å². The molecule has 1 aliphatic rings. The van der Waals surface area contributed by atoms with E-state index in [4.69, 9.17) is 21.1 Å². The van der Waals surface area contributed by atoms with Crippen LogP contribution in [0.2, 0.25) is 5.02 Å². The highest BCUT2D eigenvalue weighted by Crippen LogP contribution is 2.38. The van der Waals surface area contributed by atoms with Gasteiger partial charge in [0.1, 0.15) is 17.6 Å². The quantitative estimate of drug-likeness (QED) is 0.881. The van der Waals surface area contributed by atoms with Gasteiger partial charge in [-0.1, -0.05) is 23.7 Å². The Balaban J connectivity index is 1.77. The minimum atomic E-state index is -0.107. The summed E-state index contributed by atoms with van der Waals surface area (Å²) in [5.74, 6) is 1.38. The summed E-state index contributed by atoms with van der Waals surface area (Å²) >= 11 is 5.87. The van der Waals surface area contributed by atoms with Gasteiger partial charge in [-0.2, -0.15) is 0 Å². The second kappa shape index (κ2) is 7.14. The fourth-order valence-corrected chi connectivity index (χ4v) is 2.92. The van der Waals surface area contributed by atoms with Crippen molar-refractivity contribution in [3.8, 4) is 11.5 Å². The van der Waals surface area contributed by atoms with Gasteiger partial charge in [-0.05, 0) is 37.6 Å². The lowest BCUT2D eigenvalue weighted by molar-refractivity contribution is -0.115. The third kappa shape index (κ3) is 3.82. The standard InChI is InChI=1S/C19H20ClNO3/c1-3-23-18-10-14-8-12(2)24-17(14)11-16(18)21-19(22)9-13-4-6-15(20)7-5-13/h4-7,10-12H,3,8-9H2,1-2H3,(H,21,22)/t12-/m1/s1. The third-order valence-corrected chi connectivity index (χ3v) is 4.10. The second-order valence-corrected chi connectivity index (χ2v) is 6.31. The van der Waals surface area contributed by atoms with Crippen LogP contribution in [-0.2, 0) is 17.6 Å². The topological polar surface area (TPSA) is 47.6 Å². The number of anilines is 1. The maximum absolute atomic E-state index is 12.3. The summed E-state index contributed by atoms with van der Waals surface area (Å²) in [6.45, 7) is 4.49. The number of rotatable bonds is 5. The molecule has 5 heteroatoms. The van der Waals surface area contributed by atoms with Crippen LogP contribution in [0.15, 0.2) is 36.4 Å². The highest BCUT2D eigenvalue weighted by Gasteiger charge is 2.22. The molecule has 1 aliphatic heterocycles. The molecule has 0 aromatic heterocycles. The van der Waals surface area contributed by atoms with E-state index < -0.39 is 0 Å². The van der Waals surface area contributed by atoms with Crippen LogP contribution in [-0.4, -0.2) is 18.6 Å². The predicted molar refractivity (Wildman–Crippen MR) is 95.2 cm³/mol. The van der Waals surface area contributed by atoms with E-state index in [0.29, 0.717) is 23.1 Å². The number of amides is 1. The van der Waals surface area contributed by atoms with Crippen molar-refractivity contribution in [3.63, 3.8) is 0 Å². The molecular weight excluding hydrogens is 326 g/mol. The van der Waals surface area contributed by atoms with E-state index >= 15 is 0 Å². The van der Waals surface area contributed by atoms with E-state index in [1.807, 2.05) is 38.1 Å². The highest BCUT2D eigenvalue weighted by atomic mass is 35.5. The Kier molecular flexibility index (Phi) is 4.95. The average molecular weight is 346 g/mol. The van der Waals surface area contributed by atoms with Crippen molar-refractivity contribution in [2.24, 2.45) is 0 Å². The molecule has 24 heavy (non-hydrogen) atoms. The number of halogens is 1. The molecule has 1 amide bonds. The van der Waals surface area contributed by atoms with Gasteiger partial charge in [0.05, 0.1) is 18.7 Å². The summed E-state index contributed by atoms with van der Waals surface area (Å²) in [5.41, 5.74) is 2.66. The first-order valence-corrected chi connectivity index (χ1v) is 8.43. The average Bonchev–Trinajstić information content (AvgIpc) is 2.89. The fraction of sp³-hybridized carbons (Fsp3) is 0.316. The van der Waals surface area contributed by atoms with Crippen LogP contribution in [0, 0.1) is 0 Å². The van der Waals surface area contributed by atoms with Gasteiger partial charge in [0.2, 0.25) is 5.91 Å². The molecule has 0 fully saturated rings. The Morgan fingerprint density at radius 3 is 2.79 bits per heavy atom. The lowest BCUT2D eigenvalue weighted by atomic mass is 10.1. The summed E-state index contributed by atoms with van der Waals surface area (Å²) in [7, 11) is 0. The van der Waals surface area contributed by atoms with Crippen molar-refractivity contribution in [2.45, 2.75) is 32.8 Å². The third-order valence-electron chi connectivity index (χ3n) is 3.85. The summed E-state index contributed by atoms with van der Waals surface area (Å²) in [4.78, 5) is 12.3. The van der Waals surface area contributed by atoms with Crippen LogP contribution in [0.5, 0.6) is 11.5 Å². The fourth-order valence-electron chi connectivity index (χ4n) is 2.79. The minimum Gasteiger partial charge on any atom is -0.492 e. The molecular formula is C19H20ClNO3. The van der Waals surface area contributed by atoms with Crippen LogP contribution in [0.25, 0.3) is 0 Å². The van der Waals surface area contributed by atoms with Crippen LogP contribution in [0.3, 0.4) is 0 Å². The van der Waals surface area contributed by atoms with E-state index in [2.05, 4.69) is 5.32 Å². The van der Waals surface area contributed by atoms with E-state index in [1.165, 1.54) is 0 Å². The number of fused-ring (bicyclic) bond motifs is 1. The highest BCUT2D eigenvalue weighted by molar-refractivity contribution is 6.30. The van der Waals surface area contributed by atoms with Crippen molar-refractivity contribution < 1.29 is 14.3 Å². The van der Waals surface area contributed by atoms with Crippen molar-refractivity contribution in [3.05, 3.63) is 52.5 Å². The van der Waals surface area contributed by atoms with E-state index in [-0.39, 0.29) is 18.4 Å². The number of carbonyl (C=O) groups is 1. The molecule has 0 spiro atoms. The summed E-state index contributed by atoms with van der Waals surface area (Å²) in [6.07, 6.45) is 1.28. The Morgan fingerprint density at radius 1 is 1.33 bits per heavy atom. The van der Waals surface area contributed by atoms with Gasteiger partial charge in [0, 0.05) is 23.1 Å². The Labute approximate surface area is 146 Å². The van der Waals surface area contributed by atoms with Crippen LogP contribution >= 0.6 is 11.6 Å². The number of nitrogens with one attached hydrogen (secondary N) is 1. The predicted octanol–water partition coefficient (Wildman–Crippen LogP) is 4.24. The molecule has 1 atom stereocenters. The maximum atomic E-state index is 12.3. The molecule has 1 heterocycles. The largest absolute Gasteiger partial charge is 0.492 e. The Hall–Kier alpha value is -2.20. The van der Waals surface area contributed by atoms with Gasteiger partial charge in [0.25, 0.3) is 0 Å². The first-order valence-electron chi connectivity index (χ1n) is 8.06. The smallest absolute Gasteiger partial charge is 0.228 e. The lowest BCUT2D eigenvalue weighted by Gasteiger charge is -2.13.